The zero-order valence-corrected chi connectivity index (χ0v) is 17.1. The molecule has 2 unspecified atom stereocenters. The predicted octanol–water partition coefficient (Wildman–Crippen LogP) is 3.68. The van der Waals surface area contributed by atoms with Gasteiger partial charge in [-0.05, 0) is 48.4 Å². The lowest BCUT2D eigenvalue weighted by Crippen LogP contribution is -2.45. The van der Waals surface area contributed by atoms with Crippen LogP contribution in [0.3, 0.4) is 0 Å². The largest absolute Gasteiger partial charge is 0.497 e. The van der Waals surface area contributed by atoms with Crippen LogP contribution < -0.4 is 15.8 Å². The Morgan fingerprint density at radius 1 is 1.28 bits per heavy atom. The highest BCUT2D eigenvalue weighted by Gasteiger charge is 2.27. The van der Waals surface area contributed by atoms with Crippen LogP contribution in [0.2, 0.25) is 0 Å². The highest BCUT2D eigenvalue weighted by molar-refractivity contribution is 7.09. The SMILES string of the molecule is CCC(N)C(Nc1nc(Cc2cccc(F)c2)ns1)C(=O)c1ccc(OC)cc1. The van der Waals surface area contributed by atoms with E-state index in [2.05, 4.69) is 14.7 Å². The Kier molecular flexibility index (Phi) is 6.90. The Morgan fingerprint density at radius 2 is 2.03 bits per heavy atom. The van der Waals surface area contributed by atoms with Gasteiger partial charge in [-0.1, -0.05) is 19.1 Å². The van der Waals surface area contributed by atoms with Crippen LogP contribution in [0.5, 0.6) is 5.75 Å². The molecule has 152 valence electrons. The average Bonchev–Trinajstić information content (AvgIpc) is 3.18. The molecule has 1 heterocycles. The van der Waals surface area contributed by atoms with E-state index >= 15 is 0 Å². The lowest BCUT2D eigenvalue weighted by molar-refractivity contribution is 0.0958. The maximum Gasteiger partial charge on any atom is 0.203 e. The lowest BCUT2D eigenvalue weighted by atomic mass is 9.97. The number of methoxy groups -OCH3 is 1. The fourth-order valence-electron chi connectivity index (χ4n) is 2.88. The van der Waals surface area contributed by atoms with Gasteiger partial charge in [-0.25, -0.2) is 9.37 Å². The number of ether oxygens (including phenoxy) is 1. The number of carbonyl (C=O) groups excluding carboxylic acids is 1. The molecule has 0 aliphatic heterocycles. The smallest absolute Gasteiger partial charge is 0.203 e. The van der Waals surface area contributed by atoms with Crippen LogP contribution in [0.25, 0.3) is 0 Å². The summed E-state index contributed by atoms with van der Waals surface area (Å²) in [5.41, 5.74) is 7.53. The first-order valence-electron chi connectivity index (χ1n) is 9.27. The van der Waals surface area contributed by atoms with Crippen molar-refractivity contribution < 1.29 is 13.9 Å². The van der Waals surface area contributed by atoms with Crippen molar-refractivity contribution in [2.24, 2.45) is 5.73 Å². The zero-order valence-electron chi connectivity index (χ0n) is 16.3. The van der Waals surface area contributed by atoms with Crippen LogP contribution in [-0.4, -0.2) is 34.3 Å². The van der Waals surface area contributed by atoms with Gasteiger partial charge in [0.1, 0.15) is 23.4 Å². The number of hydrogen-bond donors (Lipinski definition) is 2. The minimum absolute atomic E-state index is 0.121. The molecule has 0 saturated carbocycles. The summed E-state index contributed by atoms with van der Waals surface area (Å²) in [5.74, 6) is 0.819. The first-order valence-corrected chi connectivity index (χ1v) is 10.0. The minimum Gasteiger partial charge on any atom is -0.497 e. The standard InChI is InChI=1S/C21H23FN4O2S/c1-3-17(23)19(20(27)14-7-9-16(28-2)10-8-14)25-21-24-18(26-29-21)12-13-5-4-6-15(22)11-13/h4-11,17,19H,3,12,23H2,1-2H3,(H,24,25,26). The number of nitrogens with one attached hydrogen (secondary N) is 1. The molecular formula is C21H23FN4O2S. The van der Waals surface area contributed by atoms with Crippen LogP contribution in [0.1, 0.15) is 35.1 Å². The van der Waals surface area contributed by atoms with Gasteiger partial charge in [-0.15, -0.1) is 0 Å². The molecule has 6 nitrogen and oxygen atoms in total. The highest BCUT2D eigenvalue weighted by atomic mass is 32.1. The van der Waals surface area contributed by atoms with Crippen LogP contribution >= 0.6 is 11.5 Å². The van der Waals surface area contributed by atoms with Gasteiger partial charge in [-0.2, -0.15) is 4.37 Å². The third-order valence-electron chi connectivity index (χ3n) is 4.55. The summed E-state index contributed by atoms with van der Waals surface area (Å²) in [5, 5.41) is 3.65. The molecule has 0 saturated heterocycles. The molecule has 0 bridgehead atoms. The van der Waals surface area contributed by atoms with Crippen molar-refractivity contribution >= 4 is 22.4 Å². The van der Waals surface area contributed by atoms with Crippen LogP contribution in [0.15, 0.2) is 48.5 Å². The molecular weight excluding hydrogens is 391 g/mol. The van der Waals surface area contributed by atoms with Crippen molar-refractivity contribution in [2.45, 2.75) is 31.8 Å². The molecule has 3 rings (SSSR count). The summed E-state index contributed by atoms with van der Waals surface area (Å²) >= 11 is 1.15. The number of hydrogen-bond acceptors (Lipinski definition) is 7. The number of nitrogens with zero attached hydrogens (tertiary/aromatic N) is 2. The number of carbonyl (C=O) groups is 1. The zero-order chi connectivity index (χ0) is 20.8. The van der Waals surface area contributed by atoms with Gasteiger partial charge in [0.05, 0.1) is 7.11 Å². The van der Waals surface area contributed by atoms with Crippen molar-refractivity contribution in [3.63, 3.8) is 0 Å². The van der Waals surface area contributed by atoms with Crippen LogP contribution in [-0.2, 0) is 6.42 Å². The molecule has 0 radical (unpaired) electrons. The number of benzene rings is 2. The quantitative estimate of drug-likeness (QED) is 0.519. The molecule has 0 spiro atoms. The second-order valence-corrected chi connectivity index (χ2v) is 7.36. The summed E-state index contributed by atoms with van der Waals surface area (Å²) in [6, 6.07) is 12.2. The number of nitrogens with two attached hydrogens (primary N) is 1. The molecule has 0 fully saturated rings. The van der Waals surface area contributed by atoms with E-state index in [1.807, 2.05) is 13.0 Å². The fourth-order valence-corrected chi connectivity index (χ4v) is 3.51. The monoisotopic (exact) mass is 414 g/mol. The highest BCUT2D eigenvalue weighted by Crippen LogP contribution is 2.20. The summed E-state index contributed by atoms with van der Waals surface area (Å²) in [4.78, 5) is 17.5. The molecule has 2 aromatic carbocycles. The van der Waals surface area contributed by atoms with Crippen molar-refractivity contribution in [3.8, 4) is 5.75 Å². The van der Waals surface area contributed by atoms with Crippen LogP contribution in [0, 0.1) is 5.82 Å². The van der Waals surface area contributed by atoms with Gasteiger partial charge in [0, 0.05) is 29.6 Å². The molecule has 8 heteroatoms. The van der Waals surface area contributed by atoms with Gasteiger partial charge < -0.3 is 15.8 Å². The Morgan fingerprint density at radius 3 is 2.69 bits per heavy atom. The summed E-state index contributed by atoms with van der Waals surface area (Å²) in [6.45, 7) is 1.93. The number of ketones is 1. The summed E-state index contributed by atoms with van der Waals surface area (Å²) in [7, 11) is 1.57. The van der Waals surface area contributed by atoms with Gasteiger partial charge >= 0.3 is 0 Å². The second kappa shape index (κ2) is 9.58. The predicted molar refractivity (Wildman–Crippen MR) is 112 cm³/mol. The van der Waals surface area contributed by atoms with E-state index in [1.54, 1.807) is 37.4 Å². The van der Waals surface area contributed by atoms with E-state index < -0.39 is 6.04 Å². The number of aromatic nitrogens is 2. The van der Waals surface area contributed by atoms with Crippen molar-refractivity contribution in [1.29, 1.82) is 0 Å². The van der Waals surface area contributed by atoms with E-state index in [-0.39, 0.29) is 17.6 Å². The Bertz CT molecular complexity index is 961. The van der Waals surface area contributed by atoms with Gasteiger partial charge in [0.25, 0.3) is 0 Å². The normalized spacial score (nSPS) is 13.0. The third kappa shape index (κ3) is 5.36. The number of rotatable bonds is 9. The summed E-state index contributed by atoms with van der Waals surface area (Å²) in [6.07, 6.45) is 1.03. The summed E-state index contributed by atoms with van der Waals surface area (Å²) < 4.78 is 22.8. The molecule has 29 heavy (non-hydrogen) atoms. The molecule has 0 amide bonds. The van der Waals surface area contributed by atoms with E-state index in [0.717, 1.165) is 17.1 Å². The topological polar surface area (TPSA) is 90.1 Å². The van der Waals surface area contributed by atoms with E-state index in [1.165, 1.54) is 12.1 Å². The fraction of sp³-hybridized carbons (Fsp3) is 0.286. The Labute approximate surface area is 173 Å². The minimum atomic E-state index is -0.636. The molecule has 1 aromatic heterocycles. The van der Waals surface area contributed by atoms with Gasteiger partial charge in [0.15, 0.2) is 5.78 Å². The van der Waals surface area contributed by atoms with E-state index in [9.17, 15) is 9.18 Å². The maximum atomic E-state index is 13.4. The molecule has 2 atom stereocenters. The average molecular weight is 415 g/mol. The van der Waals surface area contributed by atoms with E-state index in [4.69, 9.17) is 10.5 Å². The third-order valence-corrected chi connectivity index (χ3v) is 5.24. The van der Waals surface area contributed by atoms with E-state index in [0.29, 0.717) is 35.1 Å². The van der Waals surface area contributed by atoms with Gasteiger partial charge in [0.2, 0.25) is 5.13 Å². The van der Waals surface area contributed by atoms with Crippen LogP contribution in [0.4, 0.5) is 9.52 Å². The Balaban J connectivity index is 1.75. The van der Waals surface area contributed by atoms with Crippen molar-refractivity contribution in [2.75, 3.05) is 12.4 Å². The molecule has 3 N–H and O–H groups in total. The van der Waals surface area contributed by atoms with Crippen molar-refractivity contribution in [3.05, 3.63) is 71.3 Å². The lowest BCUT2D eigenvalue weighted by Gasteiger charge is -2.22. The number of halogens is 1. The molecule has 0 aliphatic carbocycles. The van der Waals surface area contributed by atoms with Crippen molar-refractivity contribution in [1.82, 2.24) is 9.36 Å². The second-order valence-electron chi connectivity index (χ2n) is 6.61. The first kappa shape index (κ1) is 20.9. The maximum absolute atomic E-state index is 13.4. The first-order chi connectivity index (χ1) is 14.0. The van der Waals surface area contributed by atoms with Gasteiger partial charge in [-0.3, -0.25) is 4.79 Å². The number of anilines is 1. The number of Topliss-reactive ketones (excluding diaryl/α,β-unsaturated/α-hetero) is 1. The molecule has 3 aromatic rings. The molecule has 0 aliphatic rings. The Hall–Kier alpha value is -2.84.